The predicted molar refractivity (Wildman–Crippen MR) is 71.4 cm³/mol. The average Bonchev–Trinajstić information content (AvgIpc) is 2.87. The zero-order valence-corrected chi connectivity index (χ0v) is 11.5. The molecule has 0 fully saturated rings. The maximum atomic E-state index is 11.7. The second-order valence-electron chi connectivity index (χ2n) is 4.05. The largest absolute Gasteiger partial charge is 0.496 e. The monoisotopic (exact) mass is 280 g/mol. The van der Waals surface area contributed by atoms with Gasteiger partial charge in [0.05, 0.1) is 12.7 Å². The van der Waals surface area contributed by atoms with Gasteiger partial charge in [0.2, 0.25) is 5.82 Å². The number of aromatic nitrogens is 3. The van der Waals surface area contributed by atoms with Gasteiger partial charge in [-0.1, -0.05) is 11.6 Å². The van der Waals surface area contributed by atoms with E-state index in [0.29, 0.717) is 22.2 Å². The first-order chi connectivity index (χ1) is 9.02. The highest BCUT2D eigenvalue weighted by molar-refractivity contribution is 6.30. The van der Waals surface area contributed by atoms with Gasteiger partial charge >= 0.3 is 0 Å². The Labute approximate surface area is 115 Å². The SMILES string of the molecule is COc1ccc(Cl)cc1-c1n[nH]c(C(=O)N(C)C)n1. The van der Waals surface area contributed by atoms with Crippen LogP contribution < -0.4 is 4.74 Å². The van der Waals surface area contributed by atoms with Crippen molar-refractivity contribution in [2.75, 3.05) is 21.2 Å². The summed E-state index contributed by atoms with van der Waals surface area (Å²) >= 11 is 5.95. The highest BCUT2D eigenvalue weighted by Crippen LogP contribution is 2.30. The number of nitrogens with one attached hydrogen (secondary N) is 1. The molecule has 1 aromatic heterocycles. The van der Waals surface area contributed by atoms with E-state index in [1.165, 1.54) is 4.90 Å². The van der Waals surface area contributed by atoms with Gasteiger partial charge in [0.15, 0.2) is 5.82 Å². The topological polar surface area (TPSA) is 71.1 Å². The van der Waals surface area contributed by atoms with Crippen molar-refractivity contribution in [2.45, 2.75) is 0 Å². The molecule has 0 atom stereocenters. The number of nitrogens with zero attached hydrogens (tertiary/aromatic N) is 3. The molecule has 7 heteroatoms. The second kappa shape index (κ2) is 5.27. The van der Waals surface area contributed by atoms with E-state index in [2.05, 4.69) is 15.2 Å². The van der Waals surface area contributed by atoms with Gasteiger partial charge in [-0.15, -0.1) is 0 Å². The summed E-state index contributed by atoms with van der Waals surface area (Å²) in [5.74, 6) is 0.874. The number of amides is 1. The van der Waals surface area contributed by atoms with Crippen LogP contribution in [0.3, 0.4) is 0 Å². The lowest BCUT2D eigenvalue weighted by atomic mass is 10.2. The first-order valence-electron chi connectivity index (χ1n) is 5.51. The molecule has 0 spiro atoms. The van der Waals surface area contributed by atoms with Crippen molar-refractivity contribution in [1.29, 1.82) is 0 Å². The minimum Gasteiger partial charge on any atom is -0.496 e. The maximum absolute atomic E-state index is 11.7. The first kappa shape index (κ1) is 13.4. The van der Waals surface area contributed by atoms with Crippen LogP contribution in [0.25, 0.3) is 11.4 Å². The highest BCUT2D eigenvalue weighted by atomic mass is 35.5. The van der Waals surface area contributed by atoms with E-state index in [1.807, 2.05) is 0 Å². The standard InChI is InChI=1S/C12H13ClN4O2/c1-17(2)12(18)11-14-10(15-16-11)8-6-7(13)4-5-9(8)19-3/h4-6H,1-3H3,(H,14,15,16). The molecule has 0 saturated heterocycles. The molecule has 1 aromatic carbocycles. The van der Waals surface area contributed by atoms with Crippen molar-refractivity contribution in [3.8, 4) is 17.1 Å². The molecule has 0 unspecified atom stereocenters. The first-order valence-corrected chi connectivity index (χ1v) is 5.88. The predicted octanol–water partition coefficient (Wildman–Crippen LogP) is 1.84. The maximum Gasteiger partial charge on any atom is 0.290 e. The molecule has 19 heavy (non-hydrogen) atoms. The Morgan fingerprint density at radius 1 is 1.42 bits per heavy atom. The molecule has 0 aliphatic heterocycles. The minimum atomic E-state index is -0.250. The van der Waals surface area contributed by atoms with Gasteiger partial charge in [-0.2, -0.15) is 5.10 Å². The van der Waals surface area contributed by atoms with E-state index < -0.39 is 0 Å². The third-order valence-electron chi connectivity index (χ3n) is 2.50. The lowest BCUT2D eigenvalue weighted by molar-refractivity contribution is 0.0816. The van der Waals surface area contributed by atoms with E-state index in [0.717, 1.165) is 0 Å². The van der Waals surface area contributed by atoms with Crippen LogP contribution in [-0.2, 0) is 0 Å². The lowest BCUT2D eigenvalue weighted by Gasteiger charge is -2.06. The van der Waals surface area contributed by atoms with Gasteiger partial charge in [0.1, 0.15) is 5.75 Å². The van der Waals surface area contributed by atoms with Crippen molar-refractivity contribution in [3.63, 3.8) is 0 Å². The van der Waals surface area contributed by atoms with Gasteiger partial charge < -0.3 is 9.64 Å². The van der Waals surface area contributed by atoms with Crippen molar-refractivity contribution in [3.05, 3.63) is 29.0 Å². The number of ether oxygens (including phenoxy) is 1. The quantitative estimate of drug-likeness (QED) is 0.931. The summed E-state index contributed by atoms with van der Waals surface area (Å²) in [6.07, 6.45) is 0. The number of hydrogen-bond acceptors (Lipinski definition) is 4. The van der Waals surface area contributed by atoms with Gasteiger partial charge in [0.25, 0.3) is 5.91 Å². The molecule has 6 nitrogen and oxygen atoms in total. The summed E-state index contributed by atoms with van der Waals surface area (Å²) in [6, 6.07) is 5.12. The Morgan fingerprint density at radius 3 is 2.79 bits per heavy atom. The van der Waals surface area contributed by atoms with E-state index in [9.17, 15) is 4.79 Å². The molecule has 0 aliphatic carbocycles. The summed E-state index contributed by atoms with van der Waals surface area (Å²) in [6.45, 7) is 0. The van der Waals surface area contributed by atoms with Crippen LogP contribution in [0.2, 0.25) is 5.02 Å². The molecule has 100 valence electrons. The van der Waals surface area contributed by atoms with Crippen LogP contribution >= 0.6 is 11.6 Å². The third-order valence-corrected chi connectivity index (χ3v) is 2.73. The molecule has 2 aromatic rings. The number of carbonyl (C=O) groups excluding carboxylic acids is 1. The van der Waals surface area contributed by atoms with Crippen LogP contribution in [0, 0.1) is 0 Å². The molecular formula is C12H13ClN4O2. The molecule has 1 amide bonds. The number of benzene rings is 1. The molecule has 0 saturated carbocycles. The normalized spacial score (nSPS) is 10.3. The fraction of sp³-hybridized carbons (Fsp3) is 0.250. The van der Waals surface area contributed by atoms with E-state index in [1.54, 1.807) is 39.4 Å². The number of aromatic amines is 1. The van der Waals surface area contributed by atoms with E-state index in [4.69, 9.17) is 16.3 Å². The molecule has 1 heterocycles. The lowest BCUT2D eigenvalue weighted by Crippen LogP contribution is -2.22. The Balaban J connectivity index is 2.43. The number of hydrogen-bond donors (Lipinski definition) is 1. The summed E-state index contributed by atoms with van der Waals surface area (Å²) in [5.41, 5.74) is 0.629. The van der Waals surface area contributed by atoms with Gasteiger partial charge in [-0.05, 0) is 18.2 Å². The zero-order valence-electron chi connectivity index (χ0n) is 10.8. The van der Waals surface area contributed by atoms with Gasteiger partial charge in [-0.25, -0.2) is 4.98 Å². The molecule has 1 N–H and O–H groups in total. The van der Waals surface area contributed by atoms with Crippen molar-refractivity contribution in [1.82, 2.24) is 20.1 Å². The van der Waals surface area contributed by atoms with Crippen LogP contribution in [-0.4, -0.2) is 47.2 Å². The number of methoxy groups -OCH3 is 1. The Morgan fingerprint density at radius 2 is 2.16 bits per heavy atom. The van der Waals surface area contributed by atoms with Crippen molar-refractivity contribution in [2.24, 2.45) is 0 Å². The van der Waals surface area contributed by atoms with Crippen LogP contribution in [0.5, 0.6) is 5.75 Å². The number of halogens is 1. The van der Waals surface area contributed by atoms with E-state index >= 15 is 0 Å². The molecular weight excluding hydrogens is 268 g/mol. The smallest absolute Gasteiger partial charge is 0.290 e. The molecule has 0 bridgehead atoms. The number of rotatable bonds is 3. The summed E-state index contributed by atoms with van der Waals surface area (Å²) in [7, 11) is 4.83. The Bertz CT molecular complexity index is 610. The fourth-order valence-electron chi connectivity index (χ4n) is 1.54. The summed E-state index contributed by atoms with van der Waals surface area (Å²) in [4.78, 5) is 17.3. The van der Waals surface area contributed by atoms with Crippen LogP contribution in [0.4, 0.5) is 0 Å². The Kier molecular flexibility index (Phi) is 3.71. The molecule has 0 aliphatic rings. The van der Waals surface area contributed by atoms with Crippen molar-refractivity contribution < 1.29 is 9.53 Å². The zero-order chi connectivity index (χ0) is 14.0. The summed E-state index contributed by atoms with van der Waals surface area (Å²) < 4.78 is 5.22. The average molecular weight is 281 g/mol. The van der Waals surface area contributed by atoms with Gasteiger partial charge in [0, 0.05) is 19.1 Å². The third kappa shape index (κ3) is 2.68. The molecule has 2 rings (SSSR count). The van der Waals surface area contributed by atoms with Crippen LogP contribution in [0.15, 0.2) is 18.2 Å². The second-order valence-corrected chi connectivity index (χ2v) is 4.49. The number of carbonyl (C=O) groups is 1. The Hall–Kier alpha value is -2.08. The highest BCUT2D eigenvalue weighted by Gasteiger charge is 2.17. The molecule has 0 radical (unpaired) electrons. The van der Waals surface area contributed by atoms with Gasteiger partial charge in [-0.3, -0.25) is 9.89 Å². The van der Waals surface area contributed by atoms with E-state index in [-0.39, 0.29) is 11.7 Å². The van der Waals surface area contributed by atoms with Crippen molar-refractivity contribution >= 4 is 17.5 Å². The minimum absolute atomic E-state index is 0.169. The van der Waals surface area contributed by atoms with Crippen LogP contribution in [0.1, 0.15) is 10.6 Å². The fourth-order valence-corrected chi connectivity index (χ4v) is 1.72. The number of H-pyrrole nitrogens is 1. The summed E-state index contributed by atoms with van der Waals surface area (Å²) in [5, 5.41) is 7.17.